The first-order valence-corrected chi connectivity index (χ1v) is 11.7. The summed E-state index contributed by atoms with van der Waals surface area (Å²) in [5.74, 6) is 1.78. The molecule has 0 spiro atoms. The van der Waals surface area contributed by atoms with Crippen LogP contribution in [0.1, 0.15) is 57.8 Å². The van der Waals surface area contributed by atoms with Gasteiger partial charge in [0.15, 0.2) is 5.96 Å². The largest absolute Gasteiger partial charge is 0.373 e. The molecule has 1 heterocycles. The van der Waals surface area contributed by atoms with Gasteiger partial charge < -0.3 is 15.4 Å². The number of guanidine groups is 1. The van der Waals surface area contributed by atoms with E-state index in [1.165, 1.54) is 11.1 Å². The van der Waals surface area contributed by atoms with Crippen molar-refractivity contribution >= 4 is 16.8 Å². The molecule has 0 saturated carbocycles. The minimum atomic E-state index is -0.864. The van der Waals surface area contributed by atoms with Crippen molar-refractivity contribution < 1.29 is 8.95 Å². The van der Waals surface area contributed by atoms with Crippen LogP contribution in [0.25, 0.3) is 0 Å². The van der Waals surface area contributed by atoms with Crippen molar-refractivity contribution in [2.75, 3.05) is 32.0 Å². The van der Waals surface area contributed by atoms with E-state index in [2.05, 4.69) is 48.7 Å². The molecule has 0 aliphatic carbocycles. The summed E-state index contributed by atoms with van der Waals surface area (Å²) < 4.78 is 18.2. The SMILES string of the molecule is CCNC(=NCC1CCCOC1c1ccc(C)cc1)NCCS(=O)C(C)(C)C. The van der Waals surface area contributed by atoms with Crippen LogP contribution >= 0.6 is 0 Å². The molecular formula is C22H37N3O2S. The zero-order chi connectivity index (χ0) is 20.6. The Morgan fingerprint density at radius 1 is 1.25 bits per heavy atom. The third kappa shape index (κ3) is 7.21. The minimum absolute atomic E-state index is 0.106. The second kappa shape index (κ2) is 11.0. The molecule has 2 rings (SSSR count). The van der Waals surface area contributed by atoms with Crippen LogP contribution in [0.4, 0.5) is 0 Å². The molecule has 158 valence electrons. The van der Waals surface area contributed by atoms with Gasteiger partial charge in [-0.25, -0.2) is 0 Å². The lowest BCUT2D eigenvalue weighted by atomic mass is 9.89. The predicted molar refractivity (Wildman–Crippen MR) is 119 cm³/mol. The molecule has 1 aromatic rings. The van der Waals surface area contributed by atoms with Crippen molar-refractivity contribution in [1.82, 2.24) is 10.6 Å². The summed E-state index contributed by atoms with van der Waals surface area (Å²) in [6, 6.07) is 8.64. The summed E-state index contributed by atoms with van der Waals surface area (Å²) in [6.45, 7) is 13.2. The molecule has 3 unspecified atom stereocenters. The minimum Gasteiger partial charge on any atom is -0.373 e. The van der Waals surface area contributed by atoms with Gasteiger partial charge in [-0.3, -0.25) is 9.20 Å². The normalized spacial score (nSPS) is 22.0. The van der Waals surface area contributed by atoms with Gasteiger partial charge in [0.2, 0.25) is 0 Å². The van der Waals surface area contributed by atoms with E-state index in [-0.39, 0.29) is 10.9 Å². The fraction of sp³-hybridized carbons (Fsp3) is 0.682. The molecular weight excluding hydrogens is 370 g/mol. The number of rotatable bonds is 7. The zero-order valence-corrected chi connectivity index (χ0v) is 18.9. The highest BCUT2D eigenvalue weighted by atomic mass is 32.2. The van der Waals surface area contributed by atoms with E-state index in [1.54, 1.807) is 0 Å². The van der Waals surface area contributed by atoms with Gasteiger partial charge in [-0.15, -0.1) is 0 Å². The number of aryl methyl sites for hydroxylation is 1. The Morgan fingerprint density at radius 2 is 1.96 bits per heavy atom. The summed E-state index contributed by atoms with van der Waals surface area (Å²) in [5, 5.41) is 6.63. The van der Waals surface area contributed by atoms with Crippen LogP contribution in [0, 0.1) is 12.8 Å². The average molecular weight is 408 g/mol. The highest BCUT2D eigenvalue weighted by Crippen LogP contribution is 2.33. The zero-order valence-electron chi connectivity index (χ0n) is 18.1. The van der Waals surface area contributed by atoms with Crippen molar-refractivity contribution in [2.24, 2.45) is 10.9 Å². The van der Waals surface area contributed by atoms with Gasteiger partial charge in [-0.1, -0.05) is 29.8 Å². The van der Waals surface area contributed by atoms with Gasteiger partial charge in [0.25, 0.3) is 0 Å². The van der Waals surface area contributed by atoms with Crippen LogP contribution in [0.5, 0.6) is 0 Å². The summed E-state index contributed by atoms with van der Waals surface area (Å²) in [6.07, 6.45) is 2.31. The topological polar surface area (TPSA) is 62.7 Å². The van der Waals surface area contributed by atoms with Crippen LogP contribution in [0.3, 0.4) is 0 Å². The summed E-state index contributed by atoms with van der Waals surface area (Å²) in [5.41, 5.74) is 2.50. The molecule has 5 nitrogen and oxygen atoms in total. The number of aliphatic imine (C=N–C) groups is 1. The Balaban J connectivity index is 1.97. The molecule has 1 saturated heterocycles. The van der Waals surface area contributed by atoms with Crippen molar-refractivity contribution in [3.63, 3.8) is 0 Å². The molecule has 1 aliphatic heterocycles. The maximum absolute atomic E-state index is 12.2. The second-order valence-electron chi connectivity index (χ2n) is 8.41. The Hall–Kier alpha value is -1.40. The van der Waals surface area contributed by atoms with Crippen molar-refractivity contribution in [3.05, 3.63) is 35.4 Å². The fourth-order valence-electron chi connectivity index (χ4n) is 3.27. The molecule has 2 N–H and O–H groups in total. The Kier molecular flexibility index (Phi) is 8.96. The van der Waals surface area contributed by atoms with Crippen LogP contribution in [-0.2, 0) is 15.5 Å². The number of hydrogen-bond donors (Lipinski definition) is 2. The van der Waals surface area contributed by atoms with E-state index in [1.807, 2.05) is 20.8 Å². The van der Waals surface area contributed by atoms with E-state index in [9.17, 15) is 4.21 Å². The first-order valence-electron chi connectivity index (χ1n) is 10.4. The van der Waals surface area contributed by atoms with Crippen LogP contribution in [0.15, 0.2) is 29.3 Å². The van der Waals surface area contributed by atoms with E-state index >= 15 is 0 Å². The maximum Gasteiger partial charge on any atom is 0.191 e. The third-order valence-corrected chi connectivity index (χ3v) is 6.88. The predicted octanol–water partition coefficient (Wildman–Crippen LogP) is 3.57. The van der Waals surface area contributed by atoms with Gasteiger partial charge in [-0.05, 0) is 53.0 Å². The van der Waals surface area contributed by atoms with Crippen molar-refractivity contribution in [1.29, 1.82) is 0 Å². The van der Waals surface area contributed by atoms with Gasteiger partial charge in [0, 0.05) is 53.5 Å². The second-order valence-corrected chi connectivity index (χ2v) is 10.7. The van der Waals surface area contributed by atoms with Gasteiger partial charge in [0.1, 0.15) is 0 Å². The first-order chi connectivity index (χ1) is 13.3. The lowest BCUT2D eigenvalue weighted by molar-refractivity contribution is -0.0250. The van der Waals surface area contributed by atoms with Crippen molar-refractivity contribution in [3.8, 4) is 0 Å². The molecule has 0 amide bonds. The molecule has 1 fully saturated rings. The molecule has 3 atom stereocenters. The fourth-order valence-corrected chi connectivity index (χ4v) is 4.17. The summed E-state index contributed by atoms with van der Waals surface area (Å²) in [7, 11) is -0.864. The Morgan fingerprint density at radius 3 is 2.61 bits per heavy atom. The molecule has 28 heavy (non-hydrogen) atoms. The van der Waals surface area contributed by atoms with Gasteiger partial charge in [-0.2, -0.15) is 0 Å². The number of nitrogens with one attached hydrogen (secondary N) is 2. The molecule has 0 aromatic heterocycles. The van der Waals surface area contributed by atoms with Gasteiger partial charge in [0.05, 0.1) is 6.10 Å². The smallest absolute Gasteiger partial charge is 0.191 e. The molecule has 1 aliphatic rings. The number of nitrogens with zero attached hydrogens (tertiary/aromatic N) is 1. The highest BCUT2D eigenvalue weighted by molar-refractivity contribution is 7.86. The van der Waals surface area contributed by atoms with E-state index < -0.39 is 10.8 Å². The van der Waals surface area contributed by atoms with E-state index in [0.717, 1.165) is 38.5 Å². The lowest BCUT2D eigenvalue weighted by Crippen LogP contribution is -2.41. The molecule has 6 heteroatoms. The molecule has 0 bridgehead atoms. The van der Waals surface area contributed by atoms with Crippen LogP contribution in [-0.4, -0.2) is 46.9 Å². The first kappa shape index (κ1) is 22.9. The Labute approximate surface area is 173 Å². The monoisotopic (exact) mass is 407 g/mol. The highest BCUT2D eigenvalue weighted by Gasteiger charge is 2.27. The molecule has 0 radical (unpaired) electrons. The average Bonchev–Trinajstić information content (AvgIpc) is 2.66. The number of hydrogen-bond acceptors (Lipinski definition) is 3. The third-order valence-electron chi connectivity index (χ3n) is 4.94. The lowest BCUT2D eigenvalue weighted by Gasteiger charge is -2.31. The quantitative estimate of drug-likeness (QED) is 0.536. The maximum atomic E-state index is 12.2. The van der Waals surface area contributed by atoms with Crippen LogP contribution in [0.2, 0.25) is 0 Å². The van der Waals surface area contributed by atoms with E-state index in [0.29, 0.717) is 18.2 Å². The van der Waals surface area contributed by atoms with Crippen molar-refractivity contribution in [2.45, 2.75) is 58.3 Å². The van der Waals surface area contributed by atoms with Gasteiger partial charge >= 0.3 is 0 Å². The molecule has 1 aromatic carbocycles. The van der Waals surface area contributed by atoms with E-state index in [4.69, 9.17) is 9.73 Å². The Bertz CT molecular complexity index is 653. The summed E-state index contributed by atoms with van der Waals surface area (Å²) >= 11 is 0. The standard InChI is InChI=1S/C22H37N3O2S/c1-6-23-21(24-13-15-28(26)22(3,4)5)25-16-19-8-7-14-27-20(19)18-11-9-17(2)10-12-18/h9-12,19-20H,6-8,13-16H2,1-5H3,(H2,23,24,25). The van der Waals surface area contributed by atoms with Crippen LogP contribution < -0.4 is 10.6 Å². The summed E-state index contributed by atoms with van der Waals surface area (Å²) in [4.78, 5) is 4.80. The number of benzene rings is 1. The number of ether oxygens (including phenoxy) is 1.